The highest BCUT2D eigenvalue weighted by Gasteiger charge is 2.33. The van der Waals surface area contributed by atoms with Gasteiger partial charge in [0.15, 0.2) is 5.82 Å². The fraction of sp³-hybridized carbons (Fsp3) is 0.500. The lowest BCUT2D eigenvalue weighted by atomic mass is 10.2. The zero-order valence-electron chi connectivity index (χ0n) is 14.7. The summed E-state index contributed by atoms with van der Waals surface area (Å²) in [5, 5.41) is 10.4. The van der Waals surface area contributed by atoms with Crippen molar-refractivity contribution in [1.82, 2.24) is 25.4 Å². The molecular weight excluding hydrogens is 318 g/mol. The number of rotatable bonds is 6. The van der Waals surface area contributed by atoms with Crippen LogP contribution in [0, 0.1) is 0 Å². The number of likely N-dealkylation sites (tertiary alicyclic amines) is 1. The quantitative estimate of drug-likeness (QED) is 0.845. The van der Waals surface area contributed by atoms with Crippen LogP contribution in [0.25, 0.3) is 11.4 Å². The maximum absolute atomic E-state index is 12.6. The van der Waals surface area contributed by atoms with Gasteiger partial charge in [-0.05, 0) is 19.3 Å². The van der Waals surface area contributed by atoms with Crippen LogP contribution in [0.5, 0.6) is 0 Å². The molecule has 1 saturated heterocycles. The van der Waals surface area contributed by atoms with E-state index in [0.717, 1.165) is 37.2 Å². The SMILES string of the molecule is CC[C@H](COC)NC(=O)N1CCC[C@@H]1c1nc(-c2ccccc2)n[nH]1. The number of hydrogen-bond donors (Lipinski definition) is 2. The van der Waals surface area contributed by atoms with Crippen molar-refractivity contribution in [3.05, 3.63) is 36.2 Å². The molecule has 0 spiro atoms. The Bertz CT molecular complexity index is 688. The zero-order valence-corrected chi connectivity index (χ0v) is 14.7. The van der Waals surface area contributed by atoms with Crippen molar-refractivity contribution in [1.29, 1.82) is 0 Å². The van der Waals surface area contributed by atoms with Crippen LogP contribution >= 0.6 is 0 Å². The van der Waals surface area contributed by atoms with Gasteiger partial charge in [0.05, 0.1) is 18.7 Å². The van der Waals surface area contributed by atoms with Crippen molar-refractivity contribution < 1.29 is 9.53 Å². The van der Waals surface area contributed by atoms with E-state index in [2.05, 4.69) is 20.5 Å². The minimum absolute atomic E-state index is 0.0216. The van der Waals surface area contributed by atoms with Crippen molar-refractivity contribution in [2.45, 2.75) is 38.3 Å². The Morgan fingerprint density at radius 2 is 2.24 bits per heavy atom. The summed E-state index contributed by atoms with van der Waals surface area (Å²) in [6.45, 7) is 3.27. The normalized spacial score (nSPS) is 18.3. The predicted octanol–water partition coefficient (Wildman–Crippen LogP) is 2.74. The molecule has 7 heteroatoms. The Morgan fingerprint density at radius 3 is 2.96 bits per heavy atom. The number of urea groups is 1. The van der Waals surface area contributed by atoms with Gasteiger partial charge in [-0.2, -0.15) is 5.10 Å². The molecule has 1 aromatic carbocycles. The second-order valence-electron chi connectivity index (χ2n) is 6.27. The number of aromatic nitrogens is 3. The van der Waals surface area contributed by atoms with E-state index in [9.17, 15) is 4.79 Å². The average Bonchev–Trinajstić information content (AvgIpc) is 3.31. The molecule has 134 valence electrons. The molecule has 2 heterocycles. The van der Waals surface area contributed by atoms with Crippen molar-refractivity contribution in [3.63, 3.8) is 0 Å². The lowest BCUT2D eigenvalue weighted by molar-refractivity contribution is 0.150. The summed E-state index contributed by atoms with van der Waals surface area (Å²) < 4.78 is 5.16. The fourth-order valence-corrected chi connectivity index (χ4v) is 3.15. The first-order valence-corrected chi connectivity index (χ1v) is 8.76. The van der Waals surface area contributed by atoms with Crippen LogP contribution in [0.15, 0.2) is 30.3 Å². The van der Waals surface area contributed by atoms with E-state index < -0.39 is 0 Å². The highest BCUT2D eigenvalue weighted by atomic mass is 16.5. The Balaban J connectivity index is 1.71. The molecule has 1 aliphatic rings. The van der Waals surface area contributed by atoms with Gasteiger partial charge in [0.1, 0.15) is 5.82 Å². The number of amides is 2. The molecule has 2 amide bonds. The molecule has 2 atom stereocenters. The molecule has 0 bridgehead atoms. The number of carbonyl (C=O) groups is 1. The molecule has 0 aliphatic carbocycles. The maximum Gasteiger partial charge on any atom is 0.318 e. The summed E-state index contributed by atoms with van der Waals surface area (Å²) in [7, 11) is 1.65. The number of nitrogens with zero attached hydrogens (tertiary/aromatic N) is 3. The minimum Gasteiger partial charge on any atom is -0.383 e. The van der Waals surface area contributed by atoms with E-state index in [1.54, 1.807) is 7.11 Å². The molecule has 0 unspecified atom stereocenters. The van der Waals surface area contributed by atoms with Gasteiger partial charge in [-0.3, -0.25) is 5.10 Å². The minimum atomic E-state index is -0.0657. The summed E-state index contributed by atoms with van der Waals surface area (Å²) in [4.78, 5) is 19.1. The molecule has 0 saturated carbocycles. The molecular formula is C18H25N5O2. The van der Waals surface area contributed by atoms with E-state index >= 15 is 0 Å². The monoisotopic (exact) mass is 343 g/mol. The van der Waals surface area contributed by atoms with Gasteiger partial charge in [-0.1, -0.05) is 37.3 Å². The van der Waals surface area contributed by atoms with Crippen LogP contribution in [0.2, 0.25) is 0 Å². The highest BCUT2D eigenvalue weighted by molar-refractivity contribution is 5.75. The van der Waals surface area contributed by atoms with Crippen molar-refractivity contribution >= 4 is 6.03 Å². The first kappa shape index (κ1) is 17.4. The van der Waals surface area contributed by atoms with Crippen LogP contribution < -0.4 is 5.32 Å². The van der Waals surface area contributed by atoms with Crippen LogP contribution in [0.4, 0.5) is 4.79 Å². The number of hydrogen-bond acceptors (Lipinski definition) is 4. The van der Waals surface area contributed by atoms with Crippen molar-refractivity contribution in [2.24, 2.45) is 0 Å². The molecule has 2 aromatic rings. The van der Waals surface area contributed by atoms with Crippen molar-refractivity contribution in [2.75, 3.05) is 20.3 Å². The first-order chi connectivity index (χ1) is 12.2. The van der Waals surface area contributed by atoms with E-state index in [0.29, 0.717) is 12.4 Å². The average molecular weight is 343 g/mol. The third-order valence-electron chi connectivity index (χ3n) is 4.55. The van der Waals surface area contributed by atoms with Crippen molar-refractivity contribution in [3.8, 4) is 11.4 Å². The number of carbonyl (C=O) groups excluding carboxylic acids is 1. The molecule has 7 nitrogen and oxygen atoms in total. The number of methoxy groups -OCH3 is 1. The first-order valence-electron chi connectivity index (χ1n) is 8.76. The number of nitrogens with one attached hydrogen (secondary N) is 2. The second-order valence-corrected chi connectivity index (χ2v) is 6.27. The lowest BCUT2D eigenvalue weighted by Gasteiger charge is -2.26. The van der Waals surface area contributed by atoms with Gasteiger partial charge >= 0.3 is 6.03 Å². The molecule has 3 rings (SSSR count). The van der Waals surface area contributed by atoms with Crippen LogP contribution in [-0.2, 0) is 4.74 Å². The van der Waals surface area contributed by atoms with E-state index in [1.807, 2.05) is 42.2 Å². The number of H-pyrrole nitrogens is 1. The fourth-order valence-electron chi connectivity index (χ4n) is 3.15. The van der Waals surface area contributed by atoms with Gasteiger partial charge in [0.2, 0.25) is 0 Å². The summed E-state index contributed by atoms with van der Waals surface area (Å²) in [5.41, 5.74) is 0.963. The summed E-state index contributed by atoms with van der Waals surface area (Å²) in [6.07, 6.45) is 2.68. The Morgan fingerprint density at radius 1 is 1.44 bits per heavy atom. The van der Waals surface area contributed by atoms with Crippen LogP contribution in [0.1, 0.15) is 38.1 Å². The number of ether oxygens (including phenoxy) is 1. The smallest absolute Gasteiger partial charge is 0.318 e. The van der Waals surface area contributed by atoms with Gasteiger partial charge in [0, 0.05) is 19.2 Å². The molecule has 2 N–H and O–H groups in total. The van der Waals surface area contributed by atoms with Gasteiger partial charge in [-0.15, -0.1) is 0 Å². The standard InChI is InChI=1S/C18H25N5O2/c1-3-14(12-25-2)19-18(24)23-11-7-10-15(23)17-20-16(21-22-17)13-8-5-4-6-9-13/h4-6,8-9,14-15H,3,7,10-12H2,1-2H3,(H,19,24)(H,20,21,22)/t14-,15-/m1/s1. The van der Waals surface area contributed by atoms with Crippen LogP contribution in [0.3, 0.4) is 0 Å². The molecule has 0 radical (unpaired) electrons. The van der Waals surface area contributed by atoms with Crippen LogP contribution in [-0.4, -0.2) is 52.4 Å². The van der Waals surface area contributed by atoms with Gasteiger partial charge < -0.3 is 15.0 Å². The zero-order chi connectivity index (χ0) is 17.6. The highest BCUT2D eigenvalue weighted by Crippen LogP contribution is 2.30. The molecule has 1 aliphatic heterocycles. The summed E-state index contributed by atoms with van der Waals surface area (Å²) in [6, 6.07) is 9.72. The third-order valence-corrected chi connectivity index (χ3v) is 4.55. The third kappa shape index (κ3) is 3.99. The predicted molar refractivity (Wildman–Crippen MR) is 95.0 cm³/mol. The van der Waals surface area contributed by atoms with E-state index in [4.69, 9.17) is 4.74 Å². The largest absolute Gasteiger partial charge is 0.383 e. The second kappa shape index (κ2) is 8.11. The summed E-state index contributed by atoms with van der Waals surface area (Å²) >= 11 is 0. The van der Waals surface area contributed by atoms with E-state index in [-0.39, 0.29) is 18.1 Å². The summed E-state index contributed by atoms with van der Waals surface area (Å²) in [5.74, 6) is 1.40. The molecule has 25 heavy (non-hydrogen) atoms. The topological polar surface area (TPSA) is 83.1 Å². The van der Waals surface area contributed by atoms with E-state index in [1.165, 1.54) is 0 Å². The maximum atomic E-state index is 12.6. The number of benzene rings is 1. The molecule has 1 aromatic heterocycles. The lowest BCUT2D eigenvalue weighted by Crippen LogP contribution is -2.46. The Labute approximate surface area is 147 Å². The Kier molecular flexibility index (Phi) is 5.65. The van der Waals surface area contributed by atoms with Gasteiger partial charge in [-0.25, -0.2) is 9.78 Å². The molecule has 1 fully saturated rings. The number of aromatic amines is 1. The van der Waals surface area contributed by atoms with Gasteiger partial charge in [0.25, 0.3) is 0 Å². The Hall–Kier alpha value is -2.41.